The van der Waals surface area contributed by atoms with Gasteiger partial charge in [-0.15, -0.1) is 0 Å². The van der Waals surface area contributed by atoms with Crippen molar-refractivity contribution >= 4 is 55.7 Å². The normalized spacial score (nSPS) is 17.6. The van der Waals surface area contributed by atoms with Crippen LogP contribution in [0.4, 0.5) is 5.13 Å². The van der Waals surface area contributed by atoms with Crippen LogP contribution in [0.1, 0.15) is 17.2 Å². The van der Waals surface area contributed by atoms with Gasteiger partial charge in [-0.05, 0) is 54.1 Å². The van der Waals surface area contributed by atoms with Crippen LogP contribution in [-0.4, -0.2) is 28.9 Å². The first-order valence-corrected chi connectivity index (χ1v) is 11.2. The molecule has 1 N–H and O–H groups in total. The van der Waals surface area contributed by atoms with Gasteiger partial charge in [-0.1, -0.05) is 47.2 Å². The number of anilines is 1. The Balaban J connectivity index is 1.72. The van der Waals surface area contributed by atoms with E-state index in [1.54, 1.807) is 55.6 Å². The molecule has 1 saturated heterocycles. The SMILES string of the molecule is COc1ccc(C2/C(=C(/O)c3ccc(Cl)cc3)C(=O)C(=O)N2c2nc3ccccc3s2)cc1. The van der Waals surface area contributed by atoms with E-state index in [0.29, 0.717) is 27.0 Å². The number of amides is 1. The van der Waals surface area contributed by atoms with Crippen LogP contribution < -0.4 is 9.64 Å². The van der Waals surface area contributed by atoms with Gasteiger partial charge in [-0.25, -0.2) is 4.98 Å². The van der Waals surface area contributed by atoms with Crippen molar-refractivity contribution in [1.82, 2.24) is 4.98 Å². The van der Waals surface area contributed by atoms with Crippen molar-refractivity contribution in [2.45, 2.75) is 6.04 Å². The van der Waals surface area contributed by atoms with Crippen molar-refractivity contribution in [3.63, 3.8) is 0 Å². The number of ketones is 1. The first kappa shape index (κ1) is 21.2. The number of thiazole rings is 1. The van der Waals surface area contributed by atoms with Crippen molar-refractivity contribution in [3.8, 4) is 5.75 Å². The maximum Gasteiger partial charge on any atom is 0.301 e. The van der Waals surface area contributed by atoms with Gasteiger partial charge in [0.25, 0.3) is 5.78 Å². The van der Waals surface area contributed by atoms with Crippen LogP contribution in [-0.2, 0) is 9.59 Å². The second-order valence-electron chi connectivity index (χ2n) is 7.41. The van der Waals surface area contributed by atoms with E-state index >= 15 is 0 Å². The van der Waals surface area contributed by atoms with Gasteiger partial charge in [0.2, 0.25) is 0 Å². The number of fused-ring (bicyclic) bond motifs is 1. The molecule has 3 aromatic carbocycles. The molecule has 5 rings (SSSR count). The van der Waals surface area contributed by atoms with Crippen molar-refractivity contribution in [3.05, 3.63) is 94.5 Å². The van der Waals surface area contributed by atoms with E-state index in [2.05, 4.69) is 4.98 Å². The predicted molar refractivity (Wildman–Crippen MR) is 129 cm³/mol. The Bertz CT molecular complexity index is 1380. The number of nitrogens with zero attached hydrogens (tertiary/aromatic N) is 2. The second kappa shape index (κ2) is 8.35. The number of ether oxygens (including phenoxy) is 1. The van der Waals surface area contributed by atoms with Gasteiger partial charge in [0.1, 0.15) is 11.5 Å². The average Bonchev–Trinajstić information content (AvgIpc) is 3.37. The Labute approximate surface area is 198 Å². The Morgan fingerprint density at radius 2 is 1.73 bits per heavy atom. The molecule has 6 nitrogen and oxygen atoms in total. The van der Waals surface area contributed by atoms with Crippen molar-refractivity contribution in [2.24, 2.45) is 0 Å². The topological polar surface area (TPSA) is 79.7 Å². The molecule has 1 unspecified atom stereocenters. The van der Waals surface area contributed by atoms with E-state index in [1.165, 1.54) is 16.2 Å². The molecule has 2 heterocycles. The van der Waals surface area contributed by atoms with Gasteiger partial charge < -0.3 is 9.84 Å². The number of rotatable bonds is 4. The molecular weight excluding hydrogens is 460 g/mol. The molecule has 0 aliphatic carbocycles. The van der Waals surface area contributed by atoms with E-state index < -0.39 is 17.7 Å². The molecule has 1 amide bonds. The highest BCUT2D eigenvalue weighted by atomic mass is 35.5. The summed E-state index contributed by atoms with van der Waals surface area (Å²) < 4.78 is 6.14. The Kier molecular flexibility index (Phi) is 5.36. The van der Waals surface area contributed by atoms with Gasteiger partial charge in [-0.2, -0.15) is 0 Å². The van der Waals surface area contributed by atoms with E-state index in [0.717, 1.165) is 10.2 Å². The summed E-state index contributed by atoms with van der Waals surface area (Å²) in [7, 11) is 1.56. The lowest BCUT2D eigenvalue weighted by atomic mass is 9.95. The van der Waals surface area contributed by atoms with Crippen LogP contribution in [0.15, 0.2) is 78.4 Å². The molecule has 164 valence electrons. The maximum absolute atomic E-state index is 13.2. The Hall–Kier alpha value is -3.68. The van der Waals surface area contributed by atoms with E-state index in [4.69, 9.17) is 16.3 Å². The zero-order valence-corrected chi connectivity index (χ0v) is 18.9. The third-order valence-corrected chi connectivity index (χ3v) is 6.77. The standard InChI is InChI=1S/C25H17ClN2O4S/c1-32-17-12-8-14(9-13-17)21-20(22(29)15-6-10-16(26)11-7-15)23(30)24(31)28(21)25-27-18-4-2-3-5-19(18)33-25/h2-13,21,29H,1H3/b22-20-. The molecule has 1 fully saturated rings. The molecule has 1 atom stereocenters. The lowest BCUT2D eigenvalue weighted by Gasteiger charge is -2.23. The second-order valence-corrected chi connectivity index (χ2v) is 8.86. The summed E-state index contributed by atoms with van der Waals surface area (Å²) in [6, 6.07) is 20.1. The fourth-order valence-corrected chi connectivity index (χ4v) is 4.98. The molecule has 8 heteroatoms. The number of methoxy groups -OCH3 is 1. The fraction of sp³-hybridized carbons (Fsp3) is 0.0800. The summed E-state index contributed by atoms with van der Waals surface area (Å²) >= 11 is 7.29. The van der Waals surface area contributed by atoms with E-state index in [1.807, 2.05) is 24.3 Å². The number of benzene rings is 3. The fourth-order valence-electron chi connectivity index (χ4n) is 3.86. The number of carbonyl (C=O) groups is 2. The van der Waals surface area contributed by atoms with E-state index in [-0.39, 0.29) is 11.3 Å². The molecule has 0 spiro atoms. The third kappa shape index (κ3) is 3.65. The van der Waals surface area contributed by atoms with Crippen molar-refractivity contribution < 1.29 is 19.4 Å². The van der Waals surface area contributed by atoms with Crippen LogP contribution in [0.5, 0.6) is 5.75 Å². The number of para-hydroxylation sites is 1. The van der Waals surface area contributed by atoms with Gasteiger partial charge in [0.05, 0.1) is 28.9 Å². The van der Waals surface area contributed by atoms with Crippen molar-refractivity contribution in [2.75, 3.05) is 12.0 Å². The first-order valence-electron chi connectivity index (χ1n) is 10.0. The average molecular weight is 477 g/mol. The van der Waals surface area contributed by atoms with Crippen LogP contribution >= 0.6 is 22.9 Å². The van der Waals surface area contributed by atoms with Crippen LogP contribution in [0.2, 0.25) is 5.02 Å². The number of carbonyl (C=O) groups excluding carboxylic acids is 2. The summed E-state index contributed by atoms with van der Waals surface area (Å²) in [6.07, 6.45) is 0. The highest BCUT2D eigenvalue weighted by Gasteiger charge is 2.48. The summed E-state index contributed by atoms with van der Waals surface area (Å²) in [6.45, 7) is 0. The highest BCUT2D eigenvalue weighted by Crippen LogP contribution is 2.44. The van der Waals surface area contributed by atoms with Crippen molar-refractivity contribution in [1.29, 1.82) is 0 Å². The molecule has 1 aliphatic rings. The Morgan fingerprint density at radius 3 is 2.39 bits per heavy atom. The third-order valence-electron chi connectivity index (χ3n) is 5.48. The minimum atomic E-state index is -0.854. The molecule has 1 aromatic heterocycles. The molecule has 0 saturated carbocycles. The quantitative estimate of drug-likeness (QED) is 0.236. The molecule has 0 radical (unpaired) electrons. The number of hydrogen-bond donors (Lipinski definition) is 1. The van der Waals surface area contributed by atoms with Gasteiger partial charge >= 0.3 is 5.91 Å². The highest BCUT2D eigenvalue weighted by molar-refractivity contribution is 7.22. The molecule has 1 aliphatic heterocycles. The monoisotopic (exact) mass is 476 g/mol. The first-order chi connectivity index (χ1) is 16.0. The van der Waals surface area contributed by atoms with Gasteiger partial charge in [0, 0.05) is 10.6 Å². The van der Waals surface area contributed by atoms with Crippen LogP contribution in [0, 0.1) is 0 Å². The molecule has 4 aromatic rings. The van der Waals surface area contributed by atoms with Crippen LogP contribution in [0.3, 0.4) is 0 Å². The number of Topliss-reactive ketones (excluding diaryl/α,β-unsaturated/α-hetero) is 1. The van der Waals surface area contributed by atoms with E-state index in [9.17, 15) is 14.7 Å². The summed E-state index contributed by atoms with van der Waals surface area (Å²) in [5, 5.41) is 12.0. The van der Waals surface area contributed by atoms with Crippen LogP contribution in [0.25, 0.3) is 16.0 Å². The summed E-state index contributed by atoms with van der Waals surface area (Å²) in [4.78, 5) is 32.4. The predicted octanol–water partition coefficient (Wildman–Crippen LogP) is 5.58. The molecular formula is C25H17ClN2O4S. The zero-order valence-electron chi connectivity index (χ0n) is 17.4. The number of aliphatic hydroxyl groups excluding tert-OH is 1. The number of halogens is 1. The smallest absolute Gasteiger partial charge is 0.301 e. The minimum Gasteiger partial charge on any atom is -0.507 e. The lowest BCUT2D eigenvalue weighted by Crippen LogP contribution is -2.29. The molecule has 0 bridgehead atoms. The number of aliphatic hydroxyl groups is 1. The summed E-state index contributed by atoms with van der Waals surface area (Å²) in [5.41, 5.74) is 1.75. The summed E-state index contributed by atoms with van der Waals surface area (Å²) in [5.74, 6) is -1.16. The largest absolute Gasteiger partial charge is 0.507 e. The zero-order chi connectivity index (χ0) is 23.1. The minimum absolute atomic E-state index is 0.00764. The van der Waals surface area contributed by atoms with Gasteiger partial charge in [0.15, 0.2) is 5.13 Å². The number of hydrogen-bond acceptors (Lipinski definition) is 6. The number of aromatic nitrogens is 1. The molecule has 33 heavy (non-hydrogen) atoms. The Morgan fingerprint density at radius 1 is 1.03 bits per heavy atom. The van der Waals surface area contributed by atoms with Gasteiger partial charge in [-0.3, -0.25) is 14.5 Å². The maximum atomic E-state index is 13.2. The lowest BCUT2D eigenvalue weighted by molar-refractivity contribution is -0.132.